The fourth-order valence-electron chi connectivity index (χ4n) is 1.23. The molecule has 1 aromatic rings. The average Bonchev–Trinajstić information content (AvgIpc) is 2.11. The Bertz CT molecular complexity index is 386. The summed E-state index contributed by atoms with van der Waals surface area (Å²) in [4.78, 5) is 10.8. The van der Waals surface area contributed by atoms with Crippen LogP contribution in [-0.2, 0) is 0 Å². The van der Waals surface area contributed by atoms with Gasteiger partial charge in [-0.3, -0.25) is 0 Å². The zero-order chi connectivity index (χ0) is 11.0. The number of nitrogens with two attached hydrogens (primary N) is 1. The van der Waals surface area contributed by atoms with Crippen LogP contribution in [-0.4, -0.2) is 16.2 Å². The number of rotatable bonds is 1. The fourth-order valence-corrected chi connectivity index (χ4v) is 1.46. The smallest absolute Gasteiger partial charge is 0.339 e. The molecule has 0 aliphatic carbocycles. The van der Waals surface area contributed by atoms with E-state index in [2.05, 4.69) is 0 Å². The van der Waals surface area contributed by atoms with E-state index in [9.17, 15) is 9.90 Å². The summed E-state index contributed by atoms with van der Waals surface area (Å²) in [6, 6.07) is 0. The maximum atomic E-state index is 10.8. The molecule has 0 bridgehead atoms. The van der Waals surface area contributed by atoms with Gasteiger partial charge in [-0.05, 0) is 19.4 Å². The molecule has 14 heavy (non-hydrogen) atoms. The van der Waals surface area contributed by atoms with Crippen LogP contribution >= 0.6 is 11.6 Å². The molecule has 0 fully saturated rings. The molecule has 0 amide bonds. The van der Waals surface area contributed by atoms with Gasteiger partial charge in [0.15, 0.2) is 0 Å². The minimum atomic E-state index is -1.22. The number of hydrogen-bond donors (Lipinski definition) is 3. The normalized spacial score (nSPS) is 10.2. The van der Waals surface area contributed by atoms with E-state index >= 15 is 0 Å². The van der Waals surface area contributed by atoms with Crippen molar-refractivity contribution in [3.63, 3.8) is 0 Å². The van der Waals surface area contributed by atoms with E-state index in [0.29, 0.717) is 0 Å². The van der Waals surface area contributed by atoms with Gasteiger partial charge in [0, 0.05) is 5.56 Å². The predicted molar refractivity (Wildman–Crippen MR) is 54.0 cm³/mol. The van der Waals surface area contributed by atoms with Gasteiger partial charge >= 0.3 is 5.97 Å². The Hall–Kier alpha value is -1.42. The molecule has 0 atom stereocenters. The molecule has 4 N–H and O–H groups in total. The molecule has 5 heteroatoms. The quantitative estimate of drug-likeness (QED) is 0.494. The Morgan fingerprint density at radius 2 is 1.86 bits per heavy atom. The van der Waals surface area contributed by atoms with Gasteiger partial charge in [-0.1, -0.05) is 11.6 Å². The van der Waals surface area contributed by atoms with Gasteiger partial charge in [0.05, 0.1) is 10.7 Å². The van der Waals surface area contributed by atoms with E-state index in [-0.39, 0.29) is 33.1 Å². The number of halogens is 1. The van der Waals surface area contributed by atoms with Crippen molar-refractivity contribution >= 4 is 23.3 Å². The van der Waals surface area contributed by atoms with E-state index in [1.54, 1.807) is 0 Å². The van der Waals surface area contributed by atoms with Crippen LogP contribution in [0.5, 0.6) is 5.75 Å². The highest BCUT2D eigenvalue weighted by molar-refractivity contribution is 6.34. The molecule has 0 saturated carbocycles. The first-order valence-corrected chi connectivity index (χ1v) is 4.26. The van der Waals surface area contributed by atoms with Crippen molar-refractivity contribution in [2.75, 3.05) is 5.73 Å². The molecule has 76 valence electrons. The Kier molecular flexibility index (Phi) is 2.57. The molecule has 4 nitrogen and oxygen atoms in total. The minimum Gasteiger partial charge on any atom is -0.507 e. The third-order valence-corrected chi connectivity index (χ3v) is 2.64. The maximum Gasteiger partial charge on any atom is 0.339 e. The van der Waals surface area contributed by atoms with E-state index in [1.165, 1.54) is 13.8 Å². The number of carboxylic acid groups (broad SMARTS) is 1. The highest BCUT2D eigenvalue weighted by atomic mass is 35.5. The summed E-state index contributed by atoms with van der Waals surface area (Å²) >= 11 is 5.79. The van der Waals surface area contributed by atoms with Crippen LogP contribution in [0.25, 0.3) is 0 Å². The lowest BCUT2D eigenvalue weighted by Gasteiger charge is -2.12. The van der Waals surface area contributed by atoms with E-state index in [4.69, 9.17) is 22.4 Å². The van der Waals surface area contributed by atoms with Crippen LogP contribution in [0.3, 0.4) is 0 Å². The van der Waals surface area contributed by atoms with Crippen LogP contribution in [0.4, 0.5) is 5.69 Å². The first-order valence-electron chi connectivity index (χ1n) is 3.88. The number of carbonyl (C=O) groups is 1. The second-order valence-electron chi connectivity index (χ2n) is 3.01. The summed E-state index contributed by atoms with van der Waals surface area (Å²) in [5, 5.41) is 18.6. The fraction of sp³-hybridized carbons (Fsp3) is 0.222. The summed E-state index contributed by atoms with van der Waals surface area (Å²) in [6.07, 6.45) is 0. The third kappa shape index (κ3) is 1.37. The van der Waals surface area contributed by atoms with Crippen LogP contribution in [0.2, 0.25) is 5.02 Å². The molecule has 0 saturated heterocycles. The molecular formula is C9H10ClNO3. The molecule has 0 heterocycles. The Balaban J connectivity index is 3.68. The molecule has 1 aromatic carbocycles. The molecular weight excluding hydrogens is 206 g/mol. The average molecular weight is 216 g/mol. The van der Waals surface area contributed by atoms with Gasteiger partial charge in [-0.2, -0.15) is 0 Å². The first-order chi connectivity index (χ1) is 6.37. The van der Waals surface area contributed by atoms with Gasteiger partial charge in [-0.15, -0.1) is 0 Å². The molecule has 0 spiro atoms. The molecule has 0 aliphatic heterocycles. The molecule has 0 aromatic heterocycles. The zero-order valence-corrected chi connectivity index (χ0v) is 8.51. The summed E-state index contributed by atoms with van der Waals surface area (Å²) in [5.74, 6) is -1.54. The monoisotopic (exact) mass is 215 g/mol. The van der Waals surface area contributed by atoms with Gasteiger partial charge in [-0.25, -0.2) is 4.79 Å². The van der Waals surface area contributed by atoms with Crippen molar-refractivity contribution in [1.82, 2.24) is 0 Å². The lowest BCUT2D eigenvalue weighted by Crippen LogP contribution is -2.05. The lowest BCUT2D eigenvalue weighted by atomic mass is 10.0. The van der Waals surface area contributed by atoms with Crippen LogP contribution in [0.1, 0.15) is 21.5 Å². The largest absolute Gasteiger partial charge is 0.507 e. The van der Waals surface area contributed by atoms with Gasteiger partial charge in [0.1, 0.15) is 11.3 Å². The van der Waals surface area contributed by atoms with E-state index in [1.807, 2.05) is 0 Å². The van der Waals surface area contributed by atoms with Crippen molar-refractivity contribution in [3.05, 3.63) is 21.7 Å². The van der Waals surface area contributed by atoms with Crippen molar-refractivity contribution in [3.8, 4) is 5.75 Å². The van der Waals surface area contributed by atoms with Gasteiger partial charge in [0.25, 0.3) is 0 Å². The molecule has 0 unspecified atom stereocenters. The standard InChI is InChI=1S/C9H10ClNO3/c1-3-5(9(13)14)8(12)4(2)6(10)7(3)11/h12H,11H2,1-2H3,(H,13,14). The molecule has 0 radical (unpaired) electrons. The summed E-state index contributed by atoms with van der Waals surface area (Å²) in [6.45, 7) is 3.02. The number of carboxylic acids is 1. The number of aromatic hydroxyl groups is 1. The number of hydrogen-bond acceptors (Lipinski definition) is 3. The highest BCUT2D eigenvalue weighted by Crippen LogP contribution is 2.37. The second-order valence-corrected chi connectivity index (χ2v) is 3.38. The number of anilines is 1. The van der Waals surface area contributed by atoms with Crippen molar-refractivity contribution < 1.29 is 15.0 Å². The van der Waals surface area contributed by atoms with Crippen LogP contribution in [0, 0.1) is 13.8 Å². The topological polar surface area (TPSA) is 83.5 Å². The number of phenols is 1. The first kappa shape index (κ1) is 10.7. The maximum absolute atomic E-state index is 10.8. The summed E-state index contributed by atoms with van der Waals surface area (Å²) in [7, 11) is 0. The Morgan fingerprint density at radius 3 is 2.29 bits per heavy atom. The summed E-state index contributed by atoms with van der Waals surface area (Å²) in [5.41, 5.74) is 6.15. The number of benzene rings is 1. The predicted octanol–water partition coefficient (Wildman–Crippen LogP) is 1.94. The Labute approximate surface area is 85.9 Å². The lowest BCUT2D eigenvalue weighted by molar-refractivity contribution is 0.0693. The highest BCUT2D eigenvalue weighted by Gasteiger charge is 2.20. The minimum absolute atomic E-state index is 0.190. The third-order valence-electron chi connectivity index (χ3n) is 2.15. The zero-order valence-electron chi connectivity index (χ0n) is 7.76. The van der Waals surface area contributed by atoms with Gasteiger partial charge < -0.3 is 15.9 Å². The van der Waals surface area contributed by atoms with E-state index < -0.39 is 5.97 Å². The van der Waals surface area contributed by atoms with Crippen molar-refractivity contribution in [2.45, 2.75) is 13.8 Å². The summed E-state index contributed by atoms with van der Waals surface area (Å²) < 4.78 is 0. The Morgan fingerprint density at radius 1 is 1.36 bits per heavy atom. The van der Waals surface area contributed by atoms with Crippen molar-refractivity contribution in [2.24, 2.45) is 0 Å². The van der Waals surface area contributed by atoms with Crippen LogP contribution in [0.15, 0.2) is 0 Å². The van der Waals surface area contributed by atoms with Crippen LogP contribution < -0.4 is 5.73 Å². The van der Waals surface area contributed by atoms with E-state index in [0.717, 1.165) is 0 Å². The number of aromatic carboxylic acids is 1. The number of nitrogen functional groups attached to an aromatic ring is 1. The molecule has 0 aliphatic rings. The SMILES string of the molecule is Cc1c(O)c(C(=O)O)c(C)c(N)c1Cl. The van der Waals surface area contributed by atoms with Gasteiger partial charge in [0.2, 0.25) is 0 Å². The molecule has 1 rings (SSSR count). The van der Waals surface area contributed by atoms with Crippen molar-refractivity contribution in [1.29, 1.82) is 0 Å². The second kappa shape index (κ2) is 3.38.